The molecule has 0 aromatic heterocycles. The van der Waals surface area contributed by atoms with Crippen molar-refractivity contribution in [2.45, 2.75) is 18.1 Å². The lowest BCUT2D eigenvalue weighted by atomic mass is 10.1. The van der Waals surface area contributed by atoms with Gasteiger partial charge >= 0.3 is 5.97 Å². The summed E-state index contributed by atoms with van der Waals surface area (Å²) in [7, 11) is 0. The number of ether oxygens (including phenoxy) is 3. The third kappa shape index (κ3) is 3.90. The Morgan fingerprint density at radius 2 is 2.15 bits per heavy atom. The number of thioether (sulfide) groups is 1. The highest BCUT2D eigenvalue weighted by Crippen LogP contribution is 2.35. The highest BCUT2D eigenvalue weighted by molar-refractivity contribution is 8.00. The number of anilines is 1. The predicted molar refractivity (Wildman–Crippen MR) is 101 cm³/mol. The molecule has 0 unspecified atom stereocenters. The second-order valence-electron chi connectivity index (χ2n) is 6.06. The van der Waals surface area contributed by atoms with E-state index < -0.39 is 5.97 Å². The summed E-state index contributed by atoms with van der Waals surface area (Å²) in [6.45, 7) is 0.420. The summed E-state index contributed by atoms with van der Waals surface area (Å²) in [5, 5.41) is 0.519. The van der Waals surface area contributed by atoms with E-state index in [0.717, 1.165) is 16.1 Å². The molecule has 2 heterocycles. The van der Waals surface area contributed by atoms with Crippen LogP contribution in [0.1, 0.15) is 11.1 Å². The van der Waals surface area contributed by atoms with Crippen LogP contribution in [0.3, 0.4) is 0 Å². The summed E-state index contributed by atoms with van der Waals surface area (Å²) in [5.74, 6) is 0.330. The molecule has 27 heavy (non-hydrogen) atoms. The summed E-state index contributed by atoms with van der Waals surface area (Å²) in [6.07, 6.45) is 0. The summed E-state index contributed by atoms with van der Waals surface area (Å²) in [4.78, 5) is 27.1. The highest BCUT2D eigenvalue weighted by Gasteiger charge is 2.27. The molecule has 0 bridgehead atoms. The van der Waals surface area contributed by atoms with Crippen molar-refractivity contribution in [3.8, 4) is 5.75 Å². The smallest absolute Gasteiger partial charge is 0.326 e. The van der Waals surface area contributed by atoms with Gasteiger partial charge in [-0.25, -0.2) is 0 Å². The van der Waals surface area contributed by atoms with E-state index in [2.05, 4.69) is 0 Å². The van der Waals surface area contributed by atoms with Gasteiger partial charge in [0.05, 0.1) is 18.0 Å². The topological polar surface area (TPSA) is 65.1 Å². The molecule has 0 aliphatic carbocycles. The van der Waals surface area contributed by atoms with Crippen LogP contribution in [0, 0.1) is 0 Å². The van der Waals surface area contributed by atoms with Gasteiger partial charge < -0.3 is 14.2 Å². The molecule has 2 aromatic carbocycles. The van der Waals surface area contributed by atoms with Crippen molar-refractivity contribution in [1.29, 1.82) is 0 Å². The molecule has 0 saturated carbocycles. The summed E-state index contributed by atoms with van der Waals surface area (Å²) < 4.78 is 16.2. The van der Waals surface area contributed by atoms with Gasteiger partial charge in [-0.15, -0.1) is 11.8 Å². The number of rotatable bonds is 4. The lowest BCUT2D eigenvalue weighted by Gasteiger charge is -2.28. The van der Waals surface area contributed by atoms with E-state index in [1.165, 1.54) is 16.7 Å². The van der Waals surface area contributed by atoms with Crippen molar-refractivity contribution >= 4 is 40.9 Å². The average molecular weight is 406 g/mol. The molecule has 0 atom stereocenters. The molecular formula is C19H16ClNO5S. The van der Waals surface area contributed by atoms with Crippen LogP contribution in [0.25, 0.3) is 0 Å². The van der Waals surface area contributed by atoms with Crippen LogP contribution in [0.5, 0.6) is 5.75 Å². The maximum absolute atomic E-state index is 12.4. The molecule has 2 aliphatic heterocycles. The Kier molecular flexibility index (Phi) is 5.24. The van der Waals surface area contributed by atoms with Crippen molar-refractivity contribution in [2.75, 3.05) is 24.0 Å². The van der Waals surface area contributed by atoms with Crippen molar-refractivity contribution in [1.82, 2.24) is 0 Å². The van der Waals surface area contributed by atoms with Crippen LogP contribution in [-0.2, 0) is 32.3 Å². The molecule has 0 radical (unpaired) electrons. The third-order valence-corrected chi connectivity index (χ3v) is 5.50. The van der Waals surface area contributed by atoms with E-state index >= 15 is 0 Å². The number of nitrogens with zero attached hydrogens (tertiary/aromatic N) is 1. The van der Waals surface area contributed by atoms with Gasteiger partial charge in [-0.3, -0.25) is 14.5 Å². The van der Waals surface area contributed by atoms with E-state index in [1.54, 1.807) is 12.1 Å². The minimum atomic E-state index is -0.495. The second kappa shape index (κ2) is 7.80. The standard InChI is InChI=1S/C19H16ClNO5S/c20-14-5-12-8-24-11-26-19(12)13(6-14)9-25-18(23)7-21-15-3-1-2-4-16(15)27-10-17(21)22/h1-6H,7-11H2. The molecule has 2 aromatic rings. The van der Waals surface area contributed by atoms with Gasteiger partial charge in [0, 0.05) is 21.0 Å². The molecule has 2 aliphatic rings. The largest absolute Gasteiger partial charge is 0.467 e. The number of hydrogen-bond donors (Lipinski definition) is 0. The Labute approximate surface area is 165 Å². The molecule has 1 amide bonds. The summed E-state index contributed by atoms with van der Waals surface area (Å²) >= 11 is 7.59. The minimum absolute atomic E-state index is 0.0140. The number of halogens is 1. The quantitative estimate of drug-likeness (QED) is 0.726. The van der Waals surface area contributed by atoms with E-state index in [-0.39, 0.29) is 25.9 Å². The lowest BCUT2D eigenvalue weighted by Crippen LogP contribution is -2.39. The predicted octanol–water partition coefficient (Wildman–Crippen LogP) is 3.39. The monoisotopic (exact) mass is 405 g/mol. The molecule has 6 nitrogen and oxygen atoms in total. The first-order valence-electron chi connectivity index (χ1n) is 8.31. The van der Waals surface area contributed by atoms with Gasteiger partial charge in [0.2, 0.25) is 5.91 Å². The van der Waals surface area contributed by atoms with Crippen LogP contribution >= 0.6 is 23.4 Å². The number of para-hydroxylation sites is 1. The van der Waals surface area contributed by atoms with Gasteiger partial charge in [-0.05, 0) is 24.3 Å². The molecule has 8 heteroatoms. The van der Waals surface area contributed by atoms with Crippen LogP contribution in [0.15, 0.2) is 41.3 Å². The zero-order valence-corrected chi connectivity index (χ0v) is 15.8. The van der Waals surface area contributed by atoms with Crippen LogP contribution in [0.4, 0.5) is 5.69 Å². The van der Waals surface area contributed by atoms with Crippen molar-refractivity contribution in [2.24, 2.45) is 0 Å². The first kappa shape index (κ1) is 18.2. The Morgan fingerprint density at radius 1 is 1.30 bits per heavy atom. The van der Waals surface area contributed by atoms with Gasteiger partial charge in [-0.1, -0.05) is 23.7 Å². The maximum Gasteiger partial charge on any atom is 0.326 e. The van der Waals surface area contributed by atoms with E-state index in [4.69, 9.17) is 25.8 Å². The van der Waals surface area contributed by atoms with Gasteiger partial charge in [0.15, 0.2) is 6.79 Å². The third-order valence-electron chi connectivity index (χ3n) is 4.24. The average Bonchev–Trinajstić information content (AvgIpc) is 2.68. The number of fused-ring (bicyclic) bond motifs is 2. The van der Waals surface area contributed by atoms with Crippen molar-refractivity contribution < 1.29 is 23.8 Å². The minimum Gasteiger partial charge on any atom is -0.467 e. The molecule has 140 valence electrons. The zero-order chi connectivity index (χ0) is 18.8. The number of carbonyl (C=O) groups is 2. The fourth-order valence-corrected chi connectivity index (χ4v) is 4.22. The first-order chi connectivity index (χ1) is 13.1. The van der Waals surface area contributed by atoms with Crippen molar-refractivity contribution in [3.63, 3.8) is 0 Å². The van der Waals surface area contributed by atoms with E-state index in [1.807, 2.05) is 24.3 Å². The zero-order valence-electron chi connectivity index (χ0n) is 14.3. The first-order valence-corrected chi connectivity index (χ1v) is 9.68. The van der Waals surface area contributed by atoms with Crippen LogP contribution in [0.2, 0.25) is 5.02 Å². The van der Waals surface area contributed by atoms with Gasteiger partial charge in [0.1, 0.15) is 18.9 Å². The number of amides is 1. The van der Waals surface area contributed by atoms with Crippen LogP contribution < -0.4 is 9.64 Å². The molecule has 4 rings (SSSR count). The van der Waals surface area contributed by atoms with E-state index in [0.29, 0.717) is 28.7 Å². The number of esters is 1. The van der Waals surface area contributed by atoms with Gasteiger partial charge in [-0.2, -0.15) is 0 Å². The fourth-order valence-electron chi connectivity index (χ4n) is 3.02. The van der Waals surface area contributed by atoms with Crippen molar-refractivity contribution in [3.05, 3.63) is 52.5 Å². The summed E-state index contributed by atoms with van der Waals surface area (Å²) in [6, 6.07) is 11.0. The van der Waals surface area contributed by atoms with E-state index in [9.17, 15) is 9.59 Å². The Bertz CT molecular complexity index is 904. The number of hydrogen-bond acceptors (Lipinski definition) is 6. The van der Waals surface area contributed by atoms with Gasteiger partial charge in [0.25, 0.3) is 0 Å². The summed E-state index contributed by atoms with van der Waals surface area (Å²) in [5.41, 5.74) is 2.23. The maximum atomic E-state index is 12.4. The second-order valence-corrected chi connectivity index (χ2v) is 7.51. The number of benzene rings is 2. The Hall–Kier alpha value is -2.22. The molecule has 0 N–H and O–H groups in total. The molecular weight excluding hydrogens is 390 g/mol. The molecule has 0 saturated heterocycles. The SMILES string of the molecule is O=C(CN1C(=O)CSc2ccccc21)OCc1cc(Cl)cc2c1OCOC2. The number of carbonyl (C=O) groups excluding carboxylic acids is 2. The normalized spacial score (nSPS) is 15.6. The molecule has 0 spiro atoms. The van der Waals surface area contributed by atoms with Crippen LogP contribution in [-0.4, -0.2) is 31.0 Å². The fraction of sp³-hybridized carbons (Fsp3) is 0.263. The highest BCUT2D eigenvalue weighted by atomic mass is 35.5. The Balaban J connectivity index is 1.45. The Morgan fingerprint density at radius 3 is 3.04 bits per heavy atom. The molecule has 0 fully saturated rings. The lowest BCUT2D eigenvalue weighted by molar-refractivity contribution is -0.144.